The van der Waals surface area contributed by atoms with E-state index in [1.807, 2.05) is 0 Å². The molecule has 5 nitrogen and oxygen atoms in total. The Balaban J connectivity index is 3.64. The molecule has 1 atom stereocenters. The van der Waals surface area contributed by atoms with Crippen LogP contribution in [0.5, 0.6) is 0 Å². The average molecular weight is 228 g/mol. The van der Waals surface area contributed by atoms with E-state index in [0.717, 1.165) is 0 Å². The van der Waals surface area contributed by atoms with Gasteiger partial charge in [-0.05, 0) is 12.8 Å². The lowest BCUT2D eigenvalue weighted by Gasteiger charge is -2.08. The lowest BCUT2D eigenvalue weighted by Crippen LogP contribution is -2.38. The second kappa shape index (κ2) is 5.54. The highest BCUT2D eigenvalue weighted by Gasteiger charge is 2.38. The Kier molecular flexibility index (Phi) is 5.06. The second-order valence-corrected chi connectivity index (χ2v) is 2.84. The molecule has 88 valence electrons. The molecule has 0 spiro atoms. The van der Waals surface area contributed by atoms with Crippen LogP contribution in [0.25, 0.3) is 0 Å². The van der Waals surface area contributed by atoms with Gasteiger partial charge >= 0.3 is 18.1 Å². The molecule has 1 amide bonds. The first-order valence-corrected chi connectivity index (χ1v) is 4.08. The van der Waals surface area contributed by atoms with Crippen LogP contribution >= 0.6 is 0 Å². The molecule has 0 aromatic rings. The Morgan fingerprint density at radius 3 is 2.33 bits per heavy atom. The number of carbonyl (C=O) groups excluding carboxylic acids is 1. The van der Waals surface area contributed by atoms with Crippen LogP contribution in [0, 0.1) is 0 Å². The predicted octanol–water partition coefficient (Wildman–Crippen LogP) is -0.143. The fourth-order valence-corrected chi connectivity index (χ4v) is 0.748. The maximum Gasteiger partial charge on any atom is 0.471 e. The molecule has 0 rings (SSSR count). The first-order valence-electron chi connectivity index (χ1n) is 4.08. The molecule has 15 heavy (non-hydrogen) atoms. The first-order chi connectivity index (χ1) is 6.75. The molecule has 0 radical (unpaired) electrons. The molecule has 0 aliphatic rings. The van der Waals surface area contributed by atoms with Crippen molar-refractivity contribution in [2.24, 2.45) is 5.73 Å². The van der Waals surface area contributed by atoms with Crippen molar-refractivity contribution in [1.82, 2.24) is 5.32 Å². The number of nitrogens with one attached hydrogen (secondary N) is 1. The fraction of sp³-hybridized carbons (Fsp3) is 0.714. The molecular formula is C7H11F3N2O3. The van der Waals surface area contributed by atoms with Crippen LogP contribution < -0.4 is 11.1 Å². The van der Waals surface area contributed by atoms with E-state index in [4.69, 9.17) is 10.8 Å². The Bertz CT molecular complexity index is 242. The van der Waals surface area contributed by atoms with Crippen LogP contribution in [-0.4, -0.2) is 35.7 Å². The highest BCUT2D eigenvalue weighted by Crippen LogP contribution is 2.13. The number of nitrogens with two attached hydrogens (primary N) is 1. The van der Waals surface area contributed by atoms with Crippen molar-refractivity contribution in [3.63, 3.8) is 0 Å². The summed E-state index contributed by atoms with van der Waals surface area (Å²) in [5.41, 5.74) is 5.08. The zero-order valence-corrected chi connectivity index (χ0v) is 7.67. The third-order valence-corrected chi connectivity index (χ3v) is 1.55. The summed E-state index contributed by atoms with van der Waals surface area (Å²) >= 11 is 0. The molecule has 0 aromatic carbocycles. The van der Waals surface area contributed by atoms with Crippen molar-refractivity contribution >= 4 is 11.9 Å². The minimum absolute atomic E-state index is 0.00741. The van der Waals surface area contributed by atoms with Gasteiger partial charge in [0.25, 0.3) is 0 Å². The van der Waals surface area contributed by atoms with Crippen molar-refractivity contribution < 1.29 is 27.9 Å². The number of carboxylic acids is 1. The number of amides is 1. The number of carbonyl (C=O) groups is 2. The number of carboxylic acid groups (broad SMARTS) is 1. The molecule has 0 unspecified atom stereocenters. The van der Waals surface area contributed by atoms with Crippen molar-refractivity contribution in [1.29, 1.82) is 0 Å². The van der Waals surface area contributed by atoms with Gasteiger partial charge in [0.2, 0.25) is 0 Å². The van der Waals surface area contributed by atoms with Gasteiger partial charge in [0, 0.05) is 6.54 Å². The monoisotopic (exact) mass is 228 g/mol. The largest absolute Gasteiger partial charge is 0.480 e. The Morgan fingerprint density at radius 1 is 1.40 bits per heavy atom. The lowest BCUT2D eigenvalue weighted by molar-refractivity contribution is -0.173. The van der Waals surface area contributed by atoms with Crippen molar-refractivity contribution in [3.8, 4) is 0 Å². The molecule has 0 aliphatic heterocycles. The minimum Gasteiger partial charge on any atom is -0.480 e. The molecule has 4 N–H and O–H groups in total. The van der Waals surface area contributed by atoms with E-state index in [-0.39, 0.29) is 19.4 Å². The summed E-state index contributed by atoms with van der Waals surface area (Å²) in [7, 11) is 0. The predicted molar refractivity (Wildman–Crippen MR) is 43.9 cm³/mol. The van der Waals surface area contributed by atoms with Crippen LogP contribution in [-0.2, 0) is 9.59 Å². The van der Waals surface area contributed by atoms with E-state index in [0.29, 0.717) is 0 Å². The van der Waals surface area contributed by atoms with E-state index < -0.39 is 24.1 Å². The number of aliphatic carboxylic acids is 1. The SMILES string of the molecule is N[C@H](CCCNC(=O)C(F)(F)F)C(=O)O. The summed E-state index contributed by atoms with van der Waals surface area (Å²) in [5.74, 6) is -3.26. The van der Waals surface area contributed by atoms with E-state index in [1.165, 1.54) is 0 Å². The highest BCUT2D eigenvalue weighted by molar-refractivity contribution is 5.81. The summed E-state index contributed by atoms with van der Waals surface area (Å²) in [6.45, 7) is -0.251. The molecular weight excluding hydrogens is 217 g/mol. The molecule has 0 fully saturated rings. The van der Waals surface area contributed by atoms with Crippen molar-refractivity contribution in [2.75, 3.05) is 6.54 Å². The van der Waals surface area contributed by atoms with Crippen LogP contribution in [0.3, 0.4) is 0 Å². The van der Waals surface area contributed by atoms with E-state index in [9.17, 15) is 22.8 Å². The average Bonchev–Trinajstić information content (AvgIpc) is 2.09. The minimum atomic E-state index is -4.91. The molecule has 8 heteroatoms. The third kappa shape index (κ3) is 5.89. The molecule has 0 heterocycles. The standard InChI is InChI=1S/C7H11F3N2O3/c8-7(9,10)6(15)12-3-1-2-4(11)5(13)14/h4H,1-3,11H2,(H,12,15)(H,13,14)/t4-/m1/s1. The zero-order chi connectivity index (χ0) is 12.1. The van der Waals surface area contributed by atoms with Gasteiger partial charge < -0.3 is 16.2 Å². The van der Waals surface area contributed by atoms with Crippen LogP contribution in [0.4, 0.5) is 13.2 Å². The molecule has 0 aliphatic carbocycles. The maximum atomic E-state index is 11.6. The van der Waals surface area contributed by atoms with Crippen molar-refractivity contribution in [2.45, 2.75) is 25.1 Å². The van der Waals surface area contributed by atoms with Crippen molar-refractivity contribution in [3.05, 3.63) is 0 Å². The van der Waals surface area contributed by atoms with Gasteiger partial charge in [-0.25, -0.2) is 0 Å². The second-order valence-electron chi connectivity index (χ2n) is 2.84. The third-order valence-electron chi connectivity index (χ3n) is 1.55. The van der Waals surface area contributed by atoms with Gasteiger partial charge in [-0.15, -0.1) is 0 Å². The number of rotatable bonds is 5. The quantitative estimate of drug-likeness (QED) is 0.571. The van der Waals surface area contributed by atoms with Gasteiger partial charge in [-0.2, -0.15) is 13.2 Å². The van der Waals surface area contributed by atoms with Crippen LogP contribution in [0.1, 0.15) is 12.8 Å². The van der Waals surface area contributed by atoms with E-state index in [2.05, 4.69) is 0 Å². The summed E-state index contributed by atoms with van der Waals surface area (Å²) in [4.78, 5) is 20.5. The Morgan fingerprint density at radius 2 is 1.93 bits per heavy atom. The molecule has 0 saturated heterocycles. The molecule has 0 saturated carbocycles. The van der Waals surface area contributed by atoms with Gasteiger partial charge in [0.15, 0.2) is 0 Å². The molecule has 0 aromatic heterocycles. The van der Waals surface area contributed by atoms with Crippen LogP contribution in [0.15, 0.2) is 0 Å². The zero-order valence-electron chi connectivity index (χ0n) is 7.67. The molecule has 0 bridgehead atoms. The summed E-state index contributed by atoms with van der Waals surface area (Å²) in [6.07, 6.45) is -4.82. The van der Waals surface area contributed by atoms with E-state index >= 15 is 0 Å². The number of hydrogen-bond donors (Lipinski definition) is 3. The Hall–Kier alpha value is -1.31. The lowest BCUT2D eigenvalue weighted by atomic mass is 10.2. The summed E-state index contributed by atoms with van der Waals surface area (Å²) < 4.78 is 34.9. The normalized spacial score (nSPS) is 13.3. The van der Waals surface area contributed by atoms with Gasteiger partial charge in [-0.3, -0.25) is 9.59 Å². The highest BCUT2D eigenvalue weighted by atomic mass is 19.4. The first kappa shape index (κ1) is 13.7. The maximum absolute atomic E-state index is 11.6. The summed E-state index contributed by atoms with van der Waals surface area (Å²) in [5, 5.41) is 9.93. The van der Waals surface area contributed by atoms with Crippen LogP contribution in [0.2, 0.25) is 0 Å². The number of halogens is 3. The van der Waals surface area contributed by atoms with Gasteiger partial charge in [-0.1, -0.05) is 0 Å². The number of alkyl halides is 3. The fourth-order valence-electron chi connectivity index (χ4n) is 0.748. The number of hydrogen-bond acceptors (Lipinski definition) is 3. The van der Waals surface area contributed by atoms with Gasteiger partial charge in [0.1, 0.15) is 6.04 Å². The smallest absolute Gasteiger partial charge is 0.471 e. The van der Waals surface area contributed by atoms with E-state index in [1.54, 1.807) is 5.32 Å². The van der Waals surface area contributed by atoms with Gasteiger partial charge in [0.05, 0.1) is 0 Å². The summed E-state index contributed by atoms with van der Waals surface area (Å²) in [6, 6.07) is -1.12. The topological polar surface area (TPSA) is 92.4 Å². The Labute approximate surface area is 83.4 Å².